The van der Waals surface area contributed by atoms with Crippen molar-refractivity contribution in [2.24, 2.45) is 0 Å². The predicted octanol–water partition coefficient (Wildman–Crippen LogP) is 7.74. The van der Waals surface area contributed by atoms with Crippen LogP contribution in [0.15, 0.2) is 45.3 Å². The van der Waals surface area contributed by atoms with Gasteiger partial charge < -0.3 is 9.15 Å². The van der Waals surface area contributed by atoms with Crippen LogP contribution in [-0.2, 0) is 6.42 Å². The van der Waals surface area contributed by atoms with Crippen molar-refractivity contribution in [2.45, 2.75) is 59.8 Å². The second kappa shape index (κ2) is 9.44. The van der Waals surface area contributed by atoms with Gasteiger partial charge in [0.1, 0.15) is 17.3 Å². The van der Waals surface area contributed by atoms with Gasteiger partial charge in [-0.05, 0) is 66.6 Å². The second-order valence-electron chi connectivity index (χ2n) is 8.71. The van der Waals surface area contributed by atoms with Gasteiger partial charge in [0.05, 0.1) is 12.7 Å². The Morgan fingerprint density at radius 3 is 2.03 bits per heavy atom. The number of ether oxygens (including phenoxy) is 1. The molecule has 1 heterocycles. The molecule has 3 aromatic rings. The lowest BCUT2D eigenvalue weighted by molar-refractivity contribution is 0.103. The Morgan fingerprint density at radius 1 is 1.00 bits per heavy atom. The van der Waals surface area contributed by atoms with Crippen LogP contribution in [-0.4, -0.2) is 12.9 Å². The highest BCUT2D eigenvalue weighted by molar-refractivity contribution is 9.10. The van der Waals surface area contributed by atoms with E-state index in [0.29, 0.717) is 17.5 Å². The number of hydrogen-bond donors (Lipinski definition) is 0. The van der Waals surface area contributed by atoms with Gasteiger partial charge in [-0.15, -0.1) is 0 Å². The fourth-order valence-corrected chi connectivity index (χ4v) is 4.21. The van der Waals surface area contributed by atoms with Crippen LogP contribution in [0.3, 0.4) is 0 Å². The summed E-state index contributed by atoms with van der Waals surface area (Å²) in [5.41, 5.74) is 5.49. The number of furan rings is 1. The lowest BCUT2D eigenvalue weighted by Crippen LogP contribution is -2.10. The average molecular weight is 483 g/mol. The molecule has 0 unspecified atom stereocenters. The van der Waals surface area contributed by atoms with Gasteiger partial charge in [0.2, 0.25) is 0 Å². The minimum Gasteiger partial charge on any atom is -0.496 e. The van der Waals surface area contributed by atoms with Crippen molar-refractivity contribution < 1.29 is 13.9 Å². The van der Waals surface area contributed by atoms with E-state index in [0.717, 1.165) is 44.0 Å². The third-order valence-corrected chi connectivity index (χ3v) is 6.35. The third kappa shape index (κ3) is 4.79. The van der Waals surface area contributed by atoms with Gasteiger partial charge in [-0.3, -0.25) is 4.79 Å². The third-order valence-electron chi connectivity index (χ3n) is 5.82. The number of methoxy groups -OCH3 is 1. The van der Waals surface area contributed by atoms with E-state index in [1.165, 1.54) is 0 Å². The SMILES string of the molecule is COc1c(C(C)C)cc(C(=O)c2c(Cc3ccc(Br)cc3)oc(C)c2C)cc1C(C)C. The Morgan fingerprint density at radius 2 is 1.55 bits per heavy atom. The zero-order chi connectivity index (χ0) is 22.9. The molecule has 31 heavy (non-hydrogen) atoms. The monoisotopic (exact) mass is 482 g/mol. The molecule has 0 fully saturated rings. The fraction of sp³-hybridized carbons (Fsp3) is 0.370. The summed E-state index contributed by atoms with van der Waals surface area (Å²) in [6, 6.07) is 12.1. The Labute approximate surface area is 193 Å². The minimum atomic E-state index is 0.00733. The summed E-state index contributed by atoms with van der Waals surface area (Å²) in [5, 5.41) is 0. The number of ketones is 1. The highest BCUT2D eigenvalue weighted by Gasteiger charge is 2.25. The largest absolute Gasteiger partial charge is 0.496 e. The maximum Gasteiger partial charge on any atom is 0.196 e. The van der Waals surface area contributed by atoms with Crippen molar-refractivity contribution in [3.63, 3.8) is 0 Å². The Balaban J connectivity index is 2.12. The van der Waals surface area contributed by atoms with Crippen molar-refractivity contribution in [1.29, 1.82) is 0 Å². The van der Waals surface area contributed by atoms with Crippen LogP contribution in [0, 0.1) is 13.8 Å². The molecule has 0 aliphatic heterocycles. The van der Waals surface area contributed by atoms with Crippen LogP contribution >= 0.6 is 15.9 Å². The molecule has 1 aromatic heterocycles. The number of aryl methyl sites for hydroxylation is 1. The fourth-order valence-electron chi connectivity index (χ4n) is 3.95. The molecule has 3 nitrogen and oxygen atoms in total. The van der Waals surface area contributed by atoms with E-state index in [2.05, 4.69) is 43.6 Å². The summed E-state index contributed by atoms with van der Waals surface area (Å²) >= 11 is 3.48. The first-order valence-corrected chi connectivity index (χ1v) is 11.5. The molecule has 0 amide bonds. The molecule has 0 atom stereocenters. The topological polar surface area (TPSA) is 39.4 Å². The number of carbonyl (C=O) groups excluding carboxylic acids is 1. The maximum absolute atomic E-state index is 13.8. The van der Waals surface area contributed by atoms with Crippen molar-refractivity contribution in [1.82, 2.24) is 0 Å². The van der Waals surface area contributed by atoms with E-state index in [9.17, 15) is 4.79 Å². The molecule has 0 aliphatic carbocycles. The predicted molar refractivity (Wildman–Crippen MR) is 130 cm³/mol. The number of hydrogen-bond acceptors (Lipinski definition) is 3. The zero-order valence-electron chi connectivity index (χ0n) is 19.4. The average Bonchev–Trinajstić information content (AvgIpc) is 3.01. The second-order valence-corrected chi connectivity index (χ2v) is 9.63. The molecule has 0 aliphatic rings. The normalized spacial score (nSPS) is 11.4. The highest BCUT2D eigenvalue weighted by atomic mass is 79.9. The Bertz CT molecular complexity index is 1060. The van der Waals surface area contributed by atoms with Gasteiger partial charge in [-0.2, -0.15) is 0 Å². The standard InChI is InChI=1S/C27H31BrO3/c1-15(2)22-13-20(14-23(16(3)4)27(22)30-7)26(29)25-17(5)18(6)31-24(25)12-19-8-10-21(28)11-9-19/h8-11,13-16H,12H2,1-7H3. The van der Waals surface area contributed by atoms with Crippen molar-refractivity contribution >= 4 is 21.7 Å². The summed E-state index contributed by atoms with van der Waals surface area (Å²) in [7, 11) is 1.70. The van der Waals surface area contributed by atoms with Crippen molar-refractivity contribution in [2.75, 3.05) is 7.11 Å². The van der Waals surface area contributed by atoms with E-state index in [1.807, 2.05) is 50.2 Å². The first kappa shape index (κ1) is 23.3. The molecule has 4 heteroatoms. The van der Waals surface area contributed by atoms with Gasteiger partial charge in [0, 0.05) is 22.0 Å². The molecular formula is C27H31BrO3. The summed E-state index contributed by atoms with van der Waals surface area (Å²) in [4.78, 5) is 13.8. The van der Waals surface area contributed by atoms with Crippen LogP contribution in [0.2, 0.25) is 0 Å². The van der Waals surface area contributed by atoms with Crippen LogP contribution in [0.25, 0.3) is 0 Å². The number of benzene rings is 2. The first-order valence-electron chi connectivity index (χ1n) is 10.7. The van der Waals surface area contributed by atoms with Crippen LogP contribution < -0.4 is 4.74 Å². The molecular weight excluding hydrogens is 452 g/mol. The van der Waals surface area contributed by atoms with E-state index in [1.54, 1.807) is 7.11 Å². The van der Waals surface area contributed by atoms with Gasteiger partial charge in [-0.25, -0.2) is 0 Å². The summed E-state index contributed by atoms with van der Waals surface area (Å²) < 4.78 is 12.8. The Kier molecular flexibility index (Phi) is 7.10. The molecule has 0 spiro atoms. The number of carbonyl (C=O) groups is 1. The lowest BCUT2D eigenvalue weighted by Gasteiger charge is -2.20. The Hall–Kier alpha value is -2.33. The van der Waals surface area contributed by atoms with Crippen molar-refractivity contribution in [3.05, 3.63) is 85.8 Å². The van der Waals surface area contributed by atoms with Crippen LogP contribution in [0.1, 0.15) is 89.2 Å². The van der Waals surface area contributed by atoms with Gasteiger partial charge in [0.25, 0.3) is 0 Å². The van der Waals surface area contributed by atoms with Crippen LogP contribution in [0.5, 0.6) is 5.75 Å². The molecule has 164 valence electrons. The van der Waals surface area contributed by atoms with E-state index < -0.39 is 0 Å². The van der Waals surface area contributed by atoms with Gasteiger partial charge in [0.15, 0.2) is 5.78 Å². The summed E-state index contributed by atoms with van der Waals surface area (Å²) in [6.45, 7) is 12.4. The summed E-state index contributed by atoms with van der Waals surface area (Å²) in [6.07, 6.45) is 0.577. The molecule has 0 N–H and O–H groups in total. The number of rotatable bonds is 7. The van der Waals surface area contributed by atoms with Gasteiger partial charge in [-0.1, -0.05) is 55.8 Å². The number of halogens is 1. The highest BCUT2D eigenvalue weighted by Crippen LogP contribution is 2.37. The molecule has 0 saturated carbocycles. The first-order chi connectivity index (χ1) is 14.6. The smallest absolute Gasteiger partial charge is 0.196 e. The quantitative estimate of drug-likeness (QED) is 0.323. The minimum absolute atomic E-state index is 0.00733. The molecule has 0 radical (unpaired) electrons. The van der Waals surface area contributed by atoms with Gasteiger partial charge >= 0.3 is 0 Å². The zero-order valence-corrected chi connectivity index (χ0v) is 21.0. The molecule has 0 bridgehead atoms. The van der Waals surface area contributed by atoms with Crippen LogP contribution in [0.4, 0.5) is 0 Å². The lowest BCUT2D eigenvalue weighted by atomic mass is 9.88. The van der Waals surface area contributed by atoms with E-state index in [4.69, 9.17) is 9.15 Å². The van der Waals surface area contributed by atoms with Crippen molar-refractivity contribution in [3.8, 4) is 5.75 Å². The van der Waals surface area contributed by atoms with E-state index in [-0.39, 0.29) is 17.6 Å². The molecule has 3 rings (SSSR count). The summed E-state index contributed by atoms with van der Waals surface area (Å²) in [5.74, 6) is 2.89. The maximum atomic E-state index is 13.8. The molecule has 0 saturated heterocycles. The molecule has 2 aromatic carbocycles. The van der Waals surface area contributed by atoms with E-state index >= 15 is 0 Å².